The van der Waals surface area contributed by atoms with Crippen molar-refractivity contribution in [1.29, 1.82) is 0 Å². The second-order valence-electron chi connectivity index (χ2n) is 2.97. The van der Waals surface area contributed by atoms with Gasteiger partial charge in [-0.15, -0.1) is 0 Å². The van der Waals surface area contributed by atoms with E-state index >= 15 is 0 Å². The molecule has 0 atom stereocenters. The highest BCUT2D eigenvalue weighted by atomic mass is 15.0. The van der Waals surface area contributed by atoms with Crippen LogP contribution in [0.5, 0.6) is 0 Å². The summed E-state index contributed by atoms with van der Waals surface area (Å²) in [6.45, 7) is 0. The fraction of sp³-hybridized carbons (Fsp3) is 0.100. The summed E-state index contributed by atoms with van der Waals surface area (Å²) in [5.41, 5.74) is 7.49. The van der Waals surface area contributed by atoms with Crippen LogP contribution in [0.4, 0.5) is 5.69 Å². The molecule has 1 aromatic carbocycles. The standard InChI is InChI=1S/C10H10N4/c11-9-3-1-8(2-4-9)5-10-13-6-12-7-14-10/h1-4,6-7H,5,11H2. The summed E-state index contributed by atoms with van der Waals surface area (Å²) >= 11 is 0. The van der Waals surface area contributed by atoms with Crippen LogP contribution in [-0.2, 0) is 6.42 Å². The van der Waals surface area contributed by atoms with Crippen molar-refractivity contribution in [3.63, 3.8) is 0 Å². The topological polar surface area (TPSA) is 64.7 Å². The molecule has 0 aliphatic heterocycles. The third-order valence-corrected chi connectivity index (χ3v) is 1.89. The first-order valence-electron chi connectivity index (χ1n) is 4.30. The fourth-order valence-electron chi connectivity index (χ4n) is 1.17. The lowest BCUT2D eigenvalue weighted by Crippen LogP contribution is -1.96. The normalized spacial score (nSPS) is 10.0. The maximum Gasteiger partial charge on any atom is 0.136 e. The van der Waals surface area contributed by atoms with Gasteiger partial charge in [0.25, 0.3) is 0 Å². The number of rotatable bonds is 2. The molecule has 0 spiro atoms. The Labute approximate surface area is 81.9 Å². The van der Waals surface area contributed by atoms with E-state index in [1.165, 1.54) is 12.7 Å². The average molecular weight is 186 g/mol. The van der Waals surface area contributed by atoms with Gasteiger partial charge in [0.05, 0.1) is 0 Å². The van der Waals surface area contributed by atoms with Crippen LogP contribution in [0, 0.1) is 0 Å². The third-order valence-electron chi connectivity index (χ3n) is 1.89. The second kappa shape index (κ2) is 3.83. The zero-order valence-electron chi connectivity index (χ0n) is 7.59. The van der Waals surface area contributed by atoms with Gasteiger partial charge in [0.1, 0.15) is 18.5 Å². The molecule has 0 saturated heterocycles. The van der Waals surface area contributed by atoms with Crippen LogP contribution < -0.4 is 5.73 Å². The van der Waals surface area contributed by atoms with Gasteiger partial charge in [-0.25, -0.2) is 15.0 Å². The van der Waals surface area contributed by atoms with E-state index in [-0.39, 0.29) is 0 Å². The molecule has 1 heterocycles. The SMILES string of the molecule is Nc1ccc(Cc2ncncn2)cc1. The quantitative estimate of drug-likeness (QED) is 0.712. The number of nitrogen functional groups attached to an aromatic ring is 1. The van der Waals surface area contributed by atoms with E-state index < -0.39 is 0 Å². The first kappa shape index (κ1) is 8.62. The number of nitrogens with zero attached hydrogens (tertiary/aromatic N) is 3. The minimum Gasteiger partial charge on any atom is -0.399 e. The van der Waals surface area contributed by atoms with Gasteiger partial charge in [0, 0.05) is 12.1 Å². The smallest absolute Gasteiger partial charge is 0.136 e. The first-order chi connectivity index (χ1) is 6.84. The van der Waals surface area contributed by atoms with Crippen molar-refractivity contribution in [2.45, 2.75) is 6.42 Å². The van der Waals surface area contributed by atoms with Crippen molar-refractivity contribution in [2.24, 2.45) is 0 Å². The maximum absolute atomic E-state index is 5.58. The molecular formula is C10H10N4. The zero-order chi connectivity index (χ0) is 9.80. The Bertz CT molecular complexity index is 396. The van der Waals surface area contributed by atoms with Gasteiger partial charge in [-0.3, -0.25) is 0 Å². The summed E-state index contributed by atoms with van der Waals surface area (Å²) in [5.74, 6) is 0.768. The number of hydrogen-bond acceptors (Lipinski definition) is 4. The highest BCUT2D eigenvalue weighted by Crippen LogP contribution is 2.08. The molecule has 14 heavy (non-hydrogen) atoms. The molecule has 1 aromatic heterocycles. The minimum atomic E-state index is 0.711. The van der Waals surface area contributed by atoms with Gasteiger partial charge in [-0.2, -0.15) is 0 Å². The van der Waals surface area contributed by atoms with E-state index in [1.54, 1.807) is 0 Å². The number of aromatic nitrogens is 3. The lowest BCUT2D eigenvalue weighted by atomic mass is 10.1. The molecule has 4 heteroatoms. The molecule has 0 amide bonds. The van der Waals surface area contributed by atoms with Crippen molar-refractivity contribution in [2.75, 3.05) is 5.73 Å². The van der Waals surface area contributed by atoms with Crippen LogP contribution >= 0.6 is 0 Å². The van der Waals surface area contributed by atoms with E-state index in [4.69, 9.17) is 5.73 Å². The molecule has 0 unspecified atom stereocenters. The van der Waals surface area contributed by atoms with Gasteiger partial charge < -0.3 is 5.73 Å². The Hall–Kier alpha value is -1.97. The zero-order valence-corrected chi connectivity index (χ0v) is 7.59. The van der Waals surface area contributed by atoms with Gasteiger partial charge >= 0.3 is 0 Å². The molecular weight excluding hydrogens is 176 g/mol. The summed E-state index contributed by atoms with van der Waals surface area (Å²) in [5, 5.41) is 0. The molecule has 0 radical (unpaired) electrons. The molecule has 0 fully saturated rings. The van der Waals surface area contributed by atoms with Crippen LogP contribution in [0.2, 0.25) is 0 Å². The Morgan fingerprint density at radius 1 is 1.00 bits per heavy atom. The summed E-state index contributed by atoms with van der Waals surface area (Å²) < 4.78 is 0. The van der Waals surface area contributed by atoms with E-state index in [9.17, 15) is 0 Å². The van der Waals surface area contributed by atoms with Gasteiger partial charge in [-0.1, -0.05) is 12.1 Å². The Balaban J connectivity index is 2.16. The molecule has 0 saturated carbocycles. The Kier molecular flexibility index (Phi) is 2.36. The van der Waals surface area contributed by atoms with E-state index in [2.05, 4.69) is 15.0 Å². The van der Waals surface area contributed by atoms with Crippen molar-refractivity contribution < 1.29 is 0 Å². The number of anilines is 1. The van der Waals surface area contributed by atoms with Crippen molar-refractivity contribution in [3.8, 4) is 0 Å². The first-order valence-corrected chi connectivity index (χ1v) is 4.30. The third kappa shape index (κ3) is 2.04. The van der Waals surface area contributed by atoms with Gasteiger partial charge in [0.15, 0.2) is 0 Å². The summed E-state index contributed by atoms with van der Waals surface area (Å²) in [4.78, 5) is 11.8. The monoisotopic (exact) mass is 186 g/mol. The van der Waals surface area contributed by atoms with E-state index in [0.717, 1.165) is 17.1 Å². The molecule has 0 bridgehead atoms. The van der Waals surface area contributed by atoms with Crippen molar-refractivity contribution in [1.82, 2.24) is 15.0 Å². The predicted molar refractivity (Wildman–Crippen MR) is 53.5 cm³/mol. The maximum atomic E-state index is 5.58. The summed E-state index contributed by atoms with van der Waals surface area (Å²) in [7, 11) is 0. The van der Waals surface area contributed by atoms with Crippen LogP contribution in [0.3, 0.4) is 0 Å². The van der Waals surface area contributed by atoms with E-state index in [0.29, 0.717) is 6.42 Å². The second-order valence-corrected chi connectivity index (χ2v) is 2.97. The fourth-order valence-corrected chi connectivity index (χ4v) is 1.17. The molecule has 2 aromatic rings. The lowest BCUT2D eigenvalue weighted by Gasteiger charge is -1.99. The largest absolute Gasteiger partial charge is 0.399 e. The Morgan fingerprint density at radius 2 is 1.64 bits per heavy atom. The highest BCUT2D eigenvalue weighted by Gasteiger charge is 1.97. The summed E-state index contributed by atoms with van der Waals surface area (Å²) in [6, 6.07) is 7.69. The van der Waals surface area contributed by atoms with Gasteiger partial charge in [0.2, 0.25) is 0 Å². The molecule has 2 N–H and O–H groups in total. The van der Waals surface area contributed by atoms with E-state index in [1.807, 2.05) is 24.3 Å². The molecule has 2 rings (SSSR count). The number of hydrogen-bond donors (Lipinski definition) is 1. The predicted octanol–water partition coefficient (Wildman–Crippen LogP) is 1.04. The highest BCUT2D eigenvalue weighted by molar-refractivity contribution is 5.39. The molecule has 0 aliphatic carbocycles. The average Bonchev–Trinajstić information content (AvgIpc) is 2.23. The molecule has 0 aliphatic rings. The van der Waals surface area contributed by atoms with Crippen molar-refractivity contribution in [3.05, 3.63) is 48.3 Å². The number of nitrogens with two attached hydrogens (primary N) is 1. The number of benzene rings is 1. The van der Waals surface area contributed by atoms with Crippen LogP contribution in [-0.4, -0.2) is 15.0 Å². The van der Waals surface area contributed by atoms with Crippen LogP contribution in [0.25, 0.3) is 0 Å². The van der Waals surface area contributed by atoms with Crippen molar-refractivity contribution >= 4 is 5.69 Å². The molecule has 4 nitrogen and oxygen atoms in total. The van der Waals surface area contributed by atoms with Crippen LogP contribution in [0.15, 0.2) is 36.9 Å². The Morgan fingerprint density at radius 3 is 2.29 bits per heavy atom. The minimum absolute atomic E-state index is 0.711. The summed E-state index contributed by atoms with van der Waals surface area (Å²) in [6.07, 6.45) is 3.71. The molecule has 70 valence electrons. The van der Waals surface area contributed by atoms with Crippen LogP contribution in [0.1, 0.15) is 11.4 Å². The lowest BCUT2D eigenvalue weighted by molar-refractivity contribution is 0.918. The van der Waals surface area contributed by atoms with Gasteiger partial charge in [-0.05, 0) is 17.7 Å².